The van der Waals surface area contributed by atoms with Gasteiger partial charge in [-0.25, -0.2) is 9.59 Å². The molecule has 2 aliphatic rings. The Kier molecular flexibility index (Phi) is 6.48. The standard InChI is InChI=1S/C22H25ClN4O4/c1-2-30-21(28)19-17(24-22(29)25-20(19)18-7-4-12-31-18)14-26-8-10-27(11-9-26)16-6-3-5-15(23)13-16/h3-7,12-13,20H,2,8-11,14H2,1H3,(H2,24,25,29). The lowest BCUT2D eigenvalue weighted by Crippen LogP contribution is -2.51. The topological polar surface area (TPSA) is 87.0 Å². The molecule has 0 bridgehead atoms. The molecule has 1 aromatic carbocycles. The van der Waals surface area contributed by atoms with Gasteiger partial charge in [-0.3, -0.25) is 4.90 Å². The highest BCUT2D eigenvalue weighted by Crippen LogP contribution is 2.29. The second-order valence-corrected chi connectivity index (χ2v) is 7.84. The molecule has 164 valence electrons. The molecule has 2 aromatic rings. The zero-order valence-electron chi connectivity index (χ0n) is 17.3. The molecule has 31 heavy (non-hydrogen) atoms. The lowest BCUT2D eigenvalue weighted by molar-refractivity contribution is -0.139. The van der Waals surface area contributed by atoms with Crippen molar-refractivity contribution in [3.63, 3.8) is 0 Å². The summed E-state index contributed by atoms with van der Waals surface area (Å²) in [6, 6.07) is 10.2. The molecule has 9 heteroatoms. The van der Waals surface area contributed by atoms with Crippen molar-refractivity contribution in [3.05, 3.63) is 64.7 Å². The SMILES string of the molecule is CCOC(=O)C1=C(CN2CCN(c3cccc(Cl)c3)CC2)NC(=O)NC1c1ccco1. The van der Waals surface area contributed by atoms with Crippen molar-refractivity contribution in [2.45, 2.75) is 13.0 Å². The third kappa shape index (κ3) is 4.86. The van der Waals surface area contributed by atoms with E-state index in [2.05, 4.69) is 20.4 Å². The Labute approximate surface area is 185 Å². The average molecular weight is 445 g/mol. The maximum absolute atomic E-state index is 12.8. The Hall–Kier alpha value is -2.97. The van der Waals surface area contributed by atoms with Gasteiger partial charge in [-0.05, 0) is 37.3 Å². The van der Waals surface area contributed by atoms with Crippen molar-refractivity contribution in [1.29, 1.82) is 0 Å². The molecule has 0 saturated carbocycles. The Morgan fingerprint density at radius 1 is 1.23 bits per heavy atom. The van der Waals surface area contributed by atoms with Gasteiger partial charge in [0.1, 0.15) is 11.8 Å². The molecule has 3 heterocycles. The van der Waals surface area contributed by atoms with E-state index in [1.807, 2.05) is 24.3 Å². The normalized spacial score (nSPS) is 19.7. The fraction of sp³-hybridized carbons (Fsp3) is 0.364. The maximum atomic E-state index is 12.8. The number of carbonyl (C=O) groups is 2. The molecule has 1 fully saturated rings. The van der Waals surface area contributed by atoms with Gasteiger partial charge in [-0.1, -0.05) is 17.7 Å². The monoisotopic (exact) mass is 444 g/mol. The number of urea groups is 1. The maximum Gasteiger partial charge on any atom is 0.338 e. The molecule has 1 atom stereocenters. The van der Waals surface area contributed by atoms with Gasteiger partial charge in [0, 0.05) is 49.1 Å². The number of anilines is 1. The molecular weight excluding hydrogens is 420 g/mol. The summed E-state index contributed by atoms with van der Waals surface area (Å²) in [5, 5.41) is 6.29. The Balaban J connectivity index is 1.52. The lowest BCUT2D eigenvalue weighted by atomic mass is 9.99. The molecule has 0 radical (unpaired) electrons. The Bertz CT molecular complexity index is 968. The summed E-state index contributed by atoms with van der Waals surface area (Å²) < 4.78 is 10.8. The minimum atomic E-state index is -0.689. The zero-order valence-corrected chi connectivity index (χ0v) is 18.0. The number of piperazine rings is 1. The van der Waals surface area contributed by atoms with Crippen LogP contribution in [0, 0.1) is 0 Å². The van der Waals surface area contributed by atoms with E-state index in [0.29, 0.717) is 28.6 Å². The van der Waals surface area contributed by atoms with Gasteiger partial charge in [0.05, 0.1) is 18.4 Å². The summed E-state index contributed by atoms with van der Waals surface area (Å²) >= 11 is 6.12. The highest BCUT2D eigenvalue weighted by molar-refractivity contribution is 6.30. The van der Waals surface area contributed by atoms with E-state index in [-0.39, 0.29) is 12.6 Å². The van der Waals surface area contributed by atoms with Crippen molar-refractivity contribution < 1.29 is 18.7 Å². The van der Waals surface area contributed by atoms with Crippen LogP contribution in [0.15, 0.2) is 58.3 Å². The second-order valence-electron chi connectivity index (χ2n) is 7.40. The number of hydrogen-bond acceptors (Lipinski definition) is 6. The first-order valence-electron chi connectivity index (χ1n) is 10.3. The van der Waals surface area contributed by atoms with Crippen LogP contribution in [0.1, 0.15) is 18.7 Å². The number of amides is 2. The molecule has 1 aromatic heterocycles. The van der Waals surface area contributed by atoms with E-state index < -0.39 is 12.0 Å². The zero-order chi connectivity index (χ0) is 21.8. The summed E-state index contributed by atoms with van der Waals surface area (Å²) in [5.41, 5.74) is 2.00. The second kappa shape index (κ2) is 9.45. The number of esters is 1. The molecule has 8 nitrogen and oxygen atoms in total. The van der Waals surface area contributed by atoms with Crippen LogP contribution in [0.3, 0.4) is 0 Å². The van der Waals surface area contributed by atoms with Crippen LogP contribution in [0.5, 0.6) is 0 Å². The molecule has 1 unspecified atom stereocenters. The summed E-state index contributed by atoms with van der Waals surface area (Å²) in [6.07, 6.45) is 1.51. The highest BCUT2D eigenvalue weighted by atomic mass is 35.5. The molecule has 2 amide bonds. The molecule has 2 aliphatic heterocycles. The van der Waals surface area contributed by atoms with Crippen molar-refractivity contribution in [2.75, 3.05) is 44.2 Å². The smallest absolute Gasteiger partial charge is 0.338 e. The predicted molar refractivity (Wildman–Crippen MR) is 117 cm³/mol. The van der Waals surface area contributed by atoms with Crippen LogP contribution >= 0.6 is 11.6 Å². The summed E-state index contributed by atoms with van der Waals surface area (Å²) in [5.74, 6) is 0.0187. The number of benzene rings is 1. The van der Waals surface area contributed by atoms with Crippen molar-refractivity contribution in [2.24, 2.45) is 0 Å². The molecule has 4 rings (SSSR count). The van der Waals surface area contributed by atoms with E-state index in [4.69, 9.17) is 20.8 Å². The number of rotatable bonds is 6. The first-order valence-corrected chi connectivity index (χ1v) is 10.7. The van der Waals surface area contributed by atoms with E-state index >= 15 is 0 Å². The van der Waals surface area contributed by atoms with E-state index in [1.54, 1.807) is 19.1 Å². The largest absolute Gasteiger partial charge is 0.467 e. The minimum absolute atomic E-state index is 0.243. The molecule has 1 saturated heterocycles. The Morgan fingerprint density at radius 2 is 2.03 bits per heavy atom. The number of ether oxygens (including phenoxy) is 1. The summed E-state index contributed by atoms with van der Waals surface area (Å²) in [4.78, 5) is 29.6. The van der Waals surface area contributed by atoms with Gasteiger partial charge in [0.2, 0.25) is 0 Å². The molecule has 0 aliphatic carbocycles. The predicted octanol–water partition coefficient (Wildman–Crippen LogP) is 2.93. The number of halogens is 1. The molecule has 0 spiro atoms. The van der Waals surface area contributed by atoms with E-state index in [1.165, 1.54) is 6.26 Å². The first-order chi connectivity index (χ1) is 15.0. The molecule has 2 N–H and O–H groups in total. The molecular formula is C22H25ClN4O4. The number of furan rings is 1. The number of carbonyl (C=O) groups excluding carboxylic acids is 2. The van der Waals surface area contributed by atoms with Crippen LogP contribution in [-0.2, 0) is 9.53 Å². The Morgan fingerprint density at radius 3 is 2.71 bits per heavy atom. The van der Waals surface area contributed by atoms with Gasteiger partial charge in [-0.2, -0.15) is 0 Å². The summed E-state index contributed by atoms with van der Waals surface area (Å²) in [6.45, 7) is 5.62. The van der Waals surface area contributed by atoms with Crippen molar-refractivity contribution in [3.8, 4) is 0 Å². The fourth-order valence-corrected chi connectivity index (χ4v) is 4.11. The fourth-order valence-electron chi connectivity index (χ4n) is 3.92. The highest BCUT2D eigenvalue weighted by Gasteiger charge is 2.36. The van der Waals surface area contributed by atoms with Crippen LogP contribution in [0.2, 0.25) is 5.02 Å². The van der Waals surface area contributed by atoms with E-state index in [9.17, 15) is 9.59 Å². The van der Waals surface area contributed by atoms with Gasteiger partial charge >= 0.3 is 12.0 Å². The van der Waals surface area contributed by atoms with Crippen molar-refractivity contribution >= 4 is 29.3 Å². The number of hydrogen-bond donors (Lipinski definition) is 2. The van der Waals surface area contributed by atoms with Crippen LogP contribution in [0.25, 0.3) is 0 Å². The number of nitrogens with zero attached hydrogens (tertiary/aromatic N) is 2. The number of nitrogens with one attached hydrogen (secondary N) is 2. The van der Waals surface area contributed by atoms with Crippen LogP contribution in [0.4, 0.5) is 10.5 Å². The van der Waals surface area contributed by atoms with Gasteiger partial charge in [-0.15, -0.1) is 0 Å². The summed E-state index contributed by atoms with van der Waals surface area (Å²) in [7, 11) is 0. The lowest BCUT2D eigenvalue weighted by Gasteiger charge is -2.37. The quantitative estimate of drug-likeness (QED) is 0.666. The van der Waals surface area contributed by atoms with Crippen LogP contribution < -0.4 is 15.5 Å². The van der Waals surface area contributed by atoms with Crippen LogP contribution in [-0.4, -0.2) is 56.2 Å². The first kappa shape index (κ1) is 21.3. The average Bonchev–Trinajstić information content (AvgIpc) is 3.29. The van der Waals surface area contributed by atoms with Gasteiger partial charge in [0.15, 0.2) is 0 Å². The minimum Gasteiger partial charge on any atom is -0.467 e. The van der Waals surface area contributed by atoms with E-state index in [0.717, 1.165) is 31.9 Å². The third-order valence-corrected chi connectivity index (χ3v) is 5.64. The van der Waals surface area contributed by atoms with Gasteiger partial charge < -0.3 is 24.7 Å². The third-order valence-electron chi connectivity index (χ3n) is 5.40. The van der Waals surface area contributed by atoms with Crippen molar-refractivity contribution in [1.82, 2.24) is 15.5 Å². The van der Waals surface area contributed by atoms with Gasteiger partial charge in [0.25, 0.3) is 0 Å².